The molecule has 37 N–H and O–H groups in total. The summed E-state index contributed by atoms with van der Waals surface area (Å²) in [4.78, 5) is 0. The minimum atomic E-state index is -4.67. The van der Waals surface area contributed by atoms with Gasteiger partial charge in [0.15, 0.2) is 37.7 Å². The van der Waals surface area contributed by atoms with E-state index in [0.29, 0.717) is 45.1 Å². The molecule has 6 aliphatic heterocycles. The molecule has 6 saturated heterocycles. The summed E-state index contributed by atoms with van der Waals surface area (Å²) < 4.78 is 102. The molecule has 9 fully saturated rings. The van der Waals surface area contributed by atoms with Gasteiger partial charge in [-0.3, -0.25) is 9.11 Å². The lowest BCUT2D eigenvalue weighted by atomic mass is 9.84. The molecular formula is C60H125N15O25S. The Morgan fingerprint density at radius 2 is 0.683 bits per heavy atom. The summed E-state index contributed by atoms with van der Waals surface area (Å²) in [6.07, 6.45) is -13.3. The number of nitrogens with one attached hydrogen (secondary N) is 4. The molecule has 0 aromatic carbocycles. The van der Waals surface area contributed by atoms with Crippen molar-refractivity contribution in [3.8, 4) is 0 Å². The van der Waals surface area contributed by atoms with E-state index in [4.69, 9.17) is 137 Å². The summed E-state index contributed by atoms with van der Waals surface area (Å²) in [5.41, 5.74) is 63.8. The number of nitrogens with two attached hydrogens (primary N) is 11. The summed E-state index contributed by atoms with van der Waals surface area (Å²) in [5, 5.41) is 108. The lowest BCUT2D eigenvalue weighted by molar-refractivity contribution is -0.307. The average Bonchev–Trinajstić information content (AvgIpc) is 0.790. The fourth-order valence-corrected chi connectivity index (χ4v) is 14.6. The number of aliphatic hydroxyl groups is 9. The van der Waals surface area contributed by atoms with Crippen molar-refractivity contribution in [3.05, 3.63) is 0 Å². The van der Waals surface area contributed by atoms with E-state index in [-0.39, 0.29) is 68.3 Å². The van der Waals surface area contributed by atoms with E-state index in [0.717, 1.165) is 19.3 Å². The van der Waals surface area contributed by atoms with Gasteiger partial charge < -0.3 is 187 Å². The van der Waals surface area contributed by atoms with Gasteiger partial charge >= 0.3 is 10.4 Å². The smallest absolute Gasteiger partial charge is 0.388 e. The number of aliphatic hydroxyl groups excluding tert-OH is 6. The number of hydrogen-bond donors (Lipinski definition) is 26. The maximum absolute atomic E-state index is 11.1. The molecule has 33 unspecified atom stereocenters. The van der Waals surface area contributed by atoms with Crippen LogP contribution >= 0.6 is 0 Å². The van der Waals surface area contributed by atoms with E-state index in [1.807, 2.05) is 20.9 Å². The van der Waals surface area contributed by atoms with E-state index in [1.54, 1.807) is 41.9 Å². The largest absolute Gasteiger partial charge is 0.394 e. The van der Waals surface area contributed by atoms with Crippen LogP contribution in [-0.4, -0.2) is 349 Å². The Bertz CT molecular complexity index is 2560. The molecule has 3 saturated carbocycles. The lowest BCUT2D eigenvalue weighted by Crippen LogP contribution is -2.68. The van der Waals surface area contributed by atoms with Crippen LogP contribution in [0.2, 0.25) is 0 Å². The van der Waals surface area contributed by atoms with Crippen molar-refractivity contribution < 1.29 is 120 Å². The first-order chi connectivity index (χ1) is 47.0. The van der Waals surface area contributed by atoms with Gasteiger partial charge in [0.05, 0.1) is 74.4 Å². The van der Waals surface area contributed by atoms with Gasteiger partial charge in [0.1, 0.15) is 90.1 Å². The Kier molecular flexibility index (Phi) is 33.4. The molecule has 0 aromatic heterocycles. The van der Waals surface area contributed by atoms with Gasteiger partial charge in [0.25, 0.3) is 0 Å². The summed E-state index contributed by atoms with van der Waals surface area (Å²) >= 11 is 0. The van der Waals surface area contributed by atoms with Crippen LogP contribution in [0.15, 0.2) is 0 Å². The molecule has 0 bridgehead atoms. The third-order valence-corrected chi connectivity index (χ3v) is 20.6. The highest BCUT2D eigenvalue weighted by molar-refractivity contribution is 7.79. The van der Waals surface area contributed by atoms with Crippen molar-refractivity contribution in [2.45, 2.75) is 323 Å². The van der Waals surface area contributed by atoms with Gasteiger partial charge in [-0.25, -0.2) is 0 Å². The molecule has 0 spiro atoms. The highest BCUT2D eigenvalue weighted by atomic mass is 32.3. The predicted molar refractivity (Wildman–Crippen MR) is 360 cm³/mol. The summed E-state index contributed by atoms with van der Waals surface area (Å²) in [6, 6.07) is -6.84. The fourth-order valence-electron chi connectivity index (χ4n) is 14.6. The van der Waals surface area contributed by atoms with E-state index in [1.165, 1.54) is 0 Å². The van der Waals surface area contributed by atoms with Gasteiger partial charge in [-0.2, -0.15) is 8.42 Å². The maximum atomic E-state index is 11.1. The number of rotatable bonds is 19. The van der Waals surface area contributed by atoms with Crippen molar-refractivity contribution in [1.29, 1.82) is 0 Å². The van der Waals surface area contributed by atoms with Crippen LogP contribution in [0.4, 0.5) is 0 Å². The Morgan fingerprint density at radius 1 is 0.426 bits per heavy atom. The Morgan fingerprint density at radius 3 is 0.950 bits per heavy atom. The highest BCUT2D eigenvalue weighted by Gasteiger charge is 2.55. The molecule has 9 aliphatic rings. The van der Waals surface area contributed by atoms with Crippen molar-refractivity contribution in [1.82, 2.24) is 21.3 Å². The SMILES string of the molecule is CNC(C)[C@H]1CCC(N)C(OC2C(N)CC(N)C(OC3OC[C@](C)(O)C(NC)C3O)C2O)O1.CNC1C(O)C(OC2C(N)CC(N)C(OC3OC(CN)CCC3N)C2O)OC[C@]1(C)O.CNC1C(O)C(OC2C(N)CC(N)C(OC3O[C@@H](C(C)N)CCC3N)C2O)OC[C@]1(C)O.O=S(=O)(O)O. The fraction of sp³-hybridized carbons (Fsp3) is 1.00. The van der Waals surface area contributed by atoms with Crippen LogP contribution in [0, 0.1) is 0 Å². The molecule has 6 heterocycles. The molecule has 9 rings (SSSR count). The molecule has 41 heteroatoms. The molecule has 596 valence electrons. The Labute approximate surface area is 590 Å². The third-order valence-electron chi connectivity index (χ3n) is 20.6. The van der Waals surface area contributed by atoms with Crippen molar-refractivity contribution >= 4 is 10.4 Å². The Hall–Kier alpha value is -1.57. The predicted octanol–water partition coefficient (Wildman–Crippen LogP) is -11.5. The van der Waals surface area contributed by atoms with Crippen LogP contribution in [0.5, 0.6) is 0 Å². The lowest BCUT2D eigenvalue weighted by Gasteiger charge is -2.48. The van der Waals surface area contributed by atoms with Gasteiger partial charge in [0, 0.05) is 54.9 Å². The molecule has 101 heavy (non-hydrogen) atoms. The van der Waals surface area contributed by atoms with Crippen LogP contribution in [0.3, 0.4) is 0 Å². The molecule has 3 aliphatic carbocycles. The minimum absolute atomic E-state index is 0.0620. The maximum Gasteiger partial charge on any atom is 0.394 e. The van der Waals surface area contributed by atoms with Crippen LogP contribution in [0.1, 0.15) is 92.4 Å². The number of likely N-dealkylation sites (N-methyl/N-ethyl adjacent to an activating group) is 4. The zero-order valence-electron chi connectivity index (χ0n) is 59.3. The second kappa shape index (κ2) is 38.2. The third kappa shape index (κ3) is 23.0. The summed E-state index contributed by atoms with van der Waals surface area (Å²) in [5.74, 6) is 0. The summed E-state index contributed by atoms with van der Waals surface area (Å²) in [7, 11) is 2.07. The number of ether oxygens (including phenoxy) is 12. The molecule has 38 atom stereocenters. The average molecular weight is 1490 g/mol. The van der Waals surface area contributed by atoms with Crippen LogP contribution < -0.4 is 84.3 Å². The topological polar surface area (TPSA) is 702 Å². The van der Waals surface area contributed by atoms with Crippen LogP contribution in [0.25, 0.3) is 0 Å². The molecule has 0 amide bonds. The Balaban J connectivity index is 0.000000230. The first-order valence-corrected chi connectivity index (χ1v) is 36.1. The van der Waals surface area contributed by atoms with Crippen molar-refractivity contribution in [2.75, 3.05) is 54.6 Å². The van der Waals surface area contributed by atoms with E-state index in [9.17, 15) is 46.0 Å². The minimum Gasteiger partial charge on any atom is -0.388 e. The molecular weight excluding hydrogens is 1360 g/mol. The van der Waals surface area contributed by atoms with Gasteiger partial charge in [-0.15, -0.1) is 0 Å². The zero-order chi connectivity index (χ0) is 75.7. The van der Waals surface area contributed by atoms with E-state index in [2.05, 4.69) is 21.3 Å². The quantitative estimate of drug-likeness (QED) is 0.0534. The highest BCUT2D eigenvalue weighted by Crippen LogP contribution is 2.36. The monoisotopic (exact) mass is 1490 g/mol. The molecule has 0 aromatic rings. The molecule has 40 nitrogen and oxygen atoms in total. The van der Waals surface area contributed by atoms with Crippen molar-refractivity contribution in [3.63, 3.8) is 0 Å². The zero-order valence-corrected chi connectivity index (χ0v) is 60.1. The van der Waals surface area contributed by atoms with Gasteiger partial charge in [-0.1, -0.05) is 0 Å². The van der Waals surface area contributed by atoms with Crippen molar-refractivity contribution in [2.24, 2.45) is 63.1 Å². The normalized spacial score (nSPS) is 49.1. The first kappa shape index (κ1) is 88.3. The summed E-state index contributed by atoms with van der Waals surface area (Å²) in [6.45, 7) is 8.70. The van der Waals surface area contributed by atoms with E-state index >= 15 is 0 Å². The van der Waals surface area contributed by atoms with Gasteiger partial charge in [-0.05, 0) is 121 Å². The van der Waals surface area contributed by atoms with Crippen LogP contribution in [-0.2, 0) is 67.2 Å². The first-order valence-electron chi connectivity index (χ1n) is 34.7. The standard InChI is InChI=1S/C21H43N5O7.C20H41N5O7.C19H39N5O7.H2O4S/c1-9(25-3)13-6-5-10(22)19(31-13)32-16-11(23)7-12(24)17(14(16)27)33-20-15(28)18(26-4)21(2,29)8-30-20;1-8(21)12-5-4-9(22)18(30-12)31-15-10(23)6-11(24)16(13(15)26)32-19-14(27)17(25-3)20(2,28)7-29-19;1-19(27)7-28-18(13(26)16(19)24-2)31-15-11(23)5-10(22)14(12(15)25)30-17-9(21)4-3-8(6-20)29-17;1-5(2,3)4/h9-20,25-29H,5-8,22-24H2,1-4H3;8-19,25-28H,4-7,21-24H2,1-3H3;8-18,24-27H,3-7,20-23H2,1-2H3;(H2,1,2,3,4)/t9?,10?,11?,12?,13-,14?,15?,16?,17?,18?,19?,20?,21+;8?,9?,10?,11?,12-,13?,14?,15?,16?,17?,18?,19?,20+;8?,9?,10?,11?,12?,13?,14?,15?,16?,17?,18?,19-;/m110./s1. The second-order valence-electron chi connectivity index (χ2n) is 29.2. The van der Waals surface area contributed by atoms with Gasteiger partial charge in [0.2, 0.25) is 0 Å². The number of hydrogen-bond acceptors (Lipinski definition) is 38. The van der Waals surface area contributed by atoms with E-state index < -0.39 is 193 Å². The second-order valence-corrected chi connectivity index (χ2v) is 30.1. The molecule has 0 radical (unpaired) electrons.